The van der Waals surface area contributed by atoms with E-state index >= 15 is 0 Å². The van der Waals surface area contributed by atoms with Crippen molar-refractivity contribution in [3.63, 3.8) is 0 Å². The number of aromatic nitrogens is 3. The summed E-state index contributed by atoms with van der Waals surface area (Å²) in [5.74, 6) is 0.584. The Bertz CT molecular complexity index is 2270. The van der Waals surface area contributed by atoms with Gasteiger partial charge in [0.25, 0.3) is 11.5 Å². The number of pyridine rings is 1. The predicted molar refractivity (Wildman–Crippen MR) is 224 cm³/mol. The minimum absolute atomic E-state index is 0.0351. The fourth-order valence-corrected chi connectivity index (χ4v) is 8.17. The van der Waals surface area contributed by atoms with Crippen molar-refractivity contribution in [3.8, 4) is 5.75 Å². The lowest BCUT2D eigenvalue weighted by Crippen LogP contribution is -2.51. The normalized spacial score (nSPS) is 16.5. The van der Waals surface area contributed by atoms with E-state index < -0.39 is 5.60 Å². The number of rotatable bonds is 16. The van der Waals surface area contributed by atoms with Crippen molar-refractivity contribution >= 4 is 45.2 Å². The molecule has 2 atom stereocenters. The van der Waals surface area contributed by atoms with Crippen LogP contribution in [0.5, 0.6) is 5.75 Å². The van der Waals surface area contributed by atoms with Gasteiger partial charge in [-0.25, -0.2) is 4.98 Å². The highest BCUT2D eigenvalue weighted by Crippen LogP contribution is 2.41. The molecule has 1 unspecified atom stereocenters. The number of benzene rings is 3. The first kappa shape index (κ1) is 40.4. The van der Waals surface area contributed by atoms with E-state index in [1.165, 1.54) is 10.9 Å². The number of hydrogen-bond acceptors (Lipinski definition) is 8. The second-order valence-corrected chi connectivity index (χ2v) is 16.6. The van der Waals surface area contributed by atoms with Crippen molar-refractivity contribution < 1.29 is 19.4 Å². The van der Waals surface area contributed by atoms with E-state index in [0.717, 1.165) is 48.0 Å². The first-order valence-corrected chi connectivity index (χ1v) is 20.6. The zero-order valence-corrected chi connectivity index (χ0v) is 33.9. The Kier molecular flexibility index (Phi) is 12.6. The van der Waals surface area contributed by atoms with E-state index in [9.17, 15) is 19.5 Å². The zero-order chi connectivity index (χ0) is 40.1. The maximum Gasteiger partial charge on any atom is 0.261 e. The van der Waals surface area contributed by atoms with Crippen molar-refractivity contribution in [1.82, 2.24) is 29.7 Å². The molecule has 3 aromatic carbocycles. The first-order chi connectivity index (χ1) is 27.5. The van der Waals surface area contributed by atoms with E-state index in [0.29, 0.717) is 85.1 Å². The molecule has 0 radical (unpaired) electrons. The van der Waals surface area contributed by atoms with Crippen molar-refractivity contribution in [3.05, 3.63) is 111 Å². The monoisotopic (exact) mass is 792 g/mol. The van der Waals surface area contributed by atoms with Crippen LogP contribution in [0.25, 0.3) is 21.8 Å². The number of nitrogens with zero attached hydrogens (tertiary/aromatic N) is 5. The molecule has 2 aromatic heterocycles. The summed E-state index contributed by atoms with van der Waals surface area (Å²) in [6.07, 6.45) is 6.46. The molecule has 2 fully saturated rings. The number of nitrogens with one attached hydrogen (secondary N) is 1. The summed E-state index contributed by atoms with van der Waals surface area (Å²) < 4.78 is 7.34. The summed E-state index contributed by atoms with van der Waals surface area (Å²) in [6, 6.07) is 22.7. The number of hydrogen-bond donors (Lipinski definition) is 2. The van der Waals surface area contributed by atoms with Crippen LogP contribution in [0.1, 0.15) is 85.3 Å². The third-order valence-corrected chi connectivity index (χ3v) is 11.9. The minimum atomic E-state index is -1.17. The molecule has 0 spiro atoms. The second kappa shape index (κ2) is 17.7. The molecule has 300 valence electrons. The van der Waals surface area contributed by atoms with Gasteiger partial charge in [-0.2, -0.15) is 0 Å². The molecule has 3 heterocycles. The number of aliphatic hydroxyl groups is 1. The molecule has 1 aliphatic carbocycles. The van der Waals surface area contributed by atoms with Gasteiger partial charge in [-0.1, -0.05) is 54.9 Å². The molecule has 2 N–H and O–H groups in total. The quantitative estimate of drug-likeness (QED) is 0.105. The Morgan fingerprint density at radius 1 is 1.00 bits per heavy atom. The van der Waals surface area contributed by atoms with Crippen LogP contribution in [0.3, 0.4) is 0 Å². The Balaban J connectivity index is 0.958. The van der Waals surface area contributed by atoms with Gasteiger partial charge in [0.05, 0.1) is 46.5 Å². The maximum absolute atomic E-state index is 14.3. The molecule has 11 nitrogen and oxygen atoms in total. The molecule has 7 rings (SSSR count). The highest BCUT2D eigenvalue weighted by molar-refractivity contribution is 6.35. The Morgan fingerprint density at radius 2 is 1.75 bits per heavy atom. The molecule has 2 amide bonds. The lowest BCUT2D eigenvalue weighted by molar-refractivity contribution is -0.141. The highest BCUT2D eigenvalue weighted by atomic mass is 35.5. The number of fused-ring (bicyclic) bond motifs is 2. The van der Waals surface area contributed by atoms with E-state index in [2.05, 4.69) is 22.1 Å². The Hall–Kier alpha value is -4.84. The zero-order valence-electron chi connectivity index (χ0n) is 33.1. The summed E-state index contributed by atoms with van der Waals surface area (Å²) in [7, 11) is 4.04. The molecule has 2 aliphatic rings. The fourth-order valence-electron chi connectivity index (χ4n) is 7.90. The smallest absolute Gasteiger partial charge is 0.261 e. The number of likely N-dealkylation sites (tertiary alicyclic amines) is 1. The van der Waals surface area contributed by atoms with Gasteiger partial charge in [-0.3, -0.25) is 23.9 Å². The molecule has 5 aromatic rings. The number of carbonyl (C=O) groups excluding carboxylic acids is 2. The van der Waals surface area contributed by atoms with Crippen molar-refractivity contribution in [2.75, 3.05) is 46.9 Å². The maximum atomic E-state index is 14.3. The number of halogens is 1. The lowest BCUT2D eigenvalue weighted by Gasteiger charge is -2.40. The largest absolute Gasteiger partial charge is 0.493 e. The Morgan fingerprint density at radius 3 is 2.49 bits per heavy atom. The van der Waals surface area contributed by atoms with Gasteiger partial charge in [0.2, 0.25) is 5.91 Å². The fraction of sp³-hybridized carbons (Fsp3) is 0.444. The number of amides is 2. The third kappa shape index (κ3) is 9.83. The summed E-state index contributed by atoms with van der Waals surface area (Å²) in [4.78, 5) is 54.2. The third-order valence-electron chi connectivity index (χ3n) is 11.5. The van der Waals surface area contributed by atoms with Gasteiger partial charge in [0.1, 0.15) is 5.75 Å². The SMILES string of the molecule is CC(c1ccccc1)[C@@H](CCCNC(=O)c1ccc2c(Cl)cc(C3CC3)nc2c1)C(=O)N1CCC(O)(Cn2cnc3cc(OCCCN(C)C)ccc3c2=O)CC1. The lowest BCUT2D eigenvalue weighted by atomic mass is 9.82. The van der Waals surface area contributed by atoms with Crippen LogP contribution in [-0.4, -0.2) is 93.7 Å². The molecule has 1 aliphatic heterocycles. The Labute approximate surface area is 339 Å². The highest BCUT2D eigenvalue weighted by Gasteiger charge is 2.38. The summed E-state index contributed by atoms with van der Waals surface area (Å²) >= 11 is 6.54. The van der Waals surface area contributed by atoms with E-state index in [4.69, 9.17) is 21.3 Å². The molecular weight excluding hydrogens is 740 g/mol. The van der Waals surface area contributed by atoms with E-state index in [1.54, 1.807) is 30.3 Å². The van der Waals surface area contributed by atoms with E-state index in [-0.39, 0.29) is 35.8 Å². The van der Waals surface area contributed by atoms with Crippen molar-refractivity contribution in [2.45, 2.75) is 75.9 Å². The number of piperidine rings is 1. The summed E-state index contributed by atoms with van der Waals surface area (Å²) in [6.45, 7) is 4.82. The minimum Gasteiger partial charge on any atom is -0.493 e. The average molecular weight is 793 g/mol. The predicted octanol–water partition coefficient (Wildman–Crippen LogP) is 6.79. The van der Waals surface area contributed by atoms with Crippen LogP contribution < -0.4 is 15.6 Å². The van der Waals surface area contributed by atoms with Crippen LogP contribution in [0.4, 0.5) is 0 Å². The molecule has 1 saturated heterocycles. The van der Waals surface area contributed by atoms with Crippen LogP contribution in [0.2, 0.25) is 5.02 Å². The second-order valence-electron chi connectivity index (χ2n) is 16.2. The molecule has 12 heteroatoms. The average Bonchev–Trinajstić information content (AvgIpc) is 4.07. The van der Waals surface area contributed by atoms with E-state index in [1.807, 2.05) is 61.5 Å². The standard InChI is InChI=1S/C45H53ClN6O5/c1-30(31-9-5-4-6-10-31)35(11-7-20-47-42(53)33-14-16-36-38(46)27-39(32-12-13-32)49-41(36)25-33)43(54)51-22-18-45(56,19-23-51)28-52-29-48-40-26-34(15-17-37(40)44(52)55)57-24-8-21-50(2)3/h4-6,9-10,14-17,25-27,29-30,32,35,56H,7-8,11-13,18-24,28H2,1-3H3,(H,47,53)/t30?,35-/m1/s1. The van der Waals surface area contributed by atoms with Gasteiger partial charge in [-0.15, -0.1) is 0 Å². The van der Waals surface area contributed by atoms with Crippen LogP contribution in [-0.2, 0) is 11.3 Å². The van der Waals surface area contributed by atoms with Crippen LogP contribution >= 0.6 is 11.6 Å². The molecule has 1 saturated carbocycles. The van der Waals surface area contributed by atoms with Gasteiger partial charge in [0, 0.05) is 60.7 Å². The number of ether oxygens (including phenoxy) is 1. The topological polar surface area (TPSA) is 130 Å². The summed E-state index contributed by atoms with van der Waals surface area (Å²) in [5.41, 5.74) is 2.46. The van der Waals surface area contributed by atoms with Gasteiger partial charge in [0.15, 0.2) is 0 Å². The van der Waals surface area contributed by atoms with Crippen LogP contribution in [0.15, 0.2) is 83.9 Å². The first-order valence-electron chi connectivity index (χ1n) is 20.2. The van der Waals surface area contributed by atoms with Gasteiger partial charge >= 0.3 is 0 Å². The number of carbonyl (C=O) groups is 2. The molecular formula is C45H53ClN6O5. The van der Waals surface area contributed by atoms with Crippen molar-refractivity contribution in [2.24, 2.45) is 5.92 Å². The summed E-state index contributed by atoms with van der Waals surface area (Å²) in [5, 5.41) is 16.7. The molecule has 0 bridgehead atoms. The van der Waals surface area contributed by atoms with Crippen LogP contribution in [0, 0.1) is 5.92 Å². The molecule has 57 heavy (non-hydrogen) atoms. The van der Waals surface area contributed by atoms with Gasteiger partial charge in [-0.05, 0) is 101 Å². The van der Waals surface area contributed by atoms with Gasteiger partial charge < -0.3 is 25.0 Å². The van der Waals surface area contributed by atoms with Crippen molar-refractivity contribution in [1.29, 1.82) is 0 Å².